The van der Waals surface area contributed by atoms with Crippen molar-refractivity contribution in [2.75, 3.05) is 20.2 Å². The van der Waals surface area contributed by atoms with Gasteiger partial charge in [-0.15, -0.1) is 0 Å². The zero-order chi connectivity index (χ0) is 13.5. The minimum absolute atomic E-state index is 0.0385. The fraction of sp³-hybridized carbons (Fsp3) is 0.417. The summed E-state index contributed by atoms with van der Waals surface area (Å²) in [7, 11) is 3.10. The van der Waals surface area contributed by atoms with Gasteiger partial charge in [0.1, 0.15) is 6.54 Å². The van der Waals surface area contributed by atoms with Crippen LogP contribution in [0.25, 0.3) is 6.08 Å². The predicted octanol–water partition coefficient (Wildman–Crippen LogP) is 0.455. The van der Waals surface area contributed by atoms with Crippen molar-refractivity contribution in [2.45, 2.75) is 6.92 Å². The van der Waals surface area contributed by atoms with E-state index in [2.05, 4.69) is 9.84 Å². The number of carbonyl (C=O) groups is 2. The Hall–Kier alpha value is -2.11. The lowest BCUT2D eigenvalue weighted by Gasteiger charge is -2.17. The minimum atomic E-state index is -0.431. The summed E-state index contributed by atoms with van der Waals surface area (Å²) in [5.41, 5.74) is 0.833. The second-order valence-electron chi connectivity index (χ2n) is 3.71. The number of esters is 1. The highest BCUT2D eigenvalue weighted by Gasteiger charge is 2.13. The number of hydrogen-bond donors (Lipinski definition) is 0. The minimum Gasteiger partial charge on any atom is -0.468 e. The van der Waals surface area contributed by atoms with Crippen molar-refractivity contribution in [1.82, 2.24) is 14.7 Å². The average Bonchev–Trinajstić information content (AvgIpc) is 2.78. The van der Waals surface area contributed by atoms with E-state index < -0.39 is 5.97 Å². The number of ether oxygens (including phenoxy) is 1. The quantitative estimate of drug-likeness (QED) is 0.563. The second-order valence-corrected chi connectivity index (χ2v) is 3.71. The Labute approximate surface area is 106 Å². The number of carbonyl (C=O) groups excluding carboxylic acids is 2. The maximum Gasteiger partial charge on any atom is 0.325 e. The Balaban J connectivity index is 2.62. The van der Waals surface area contributed by atoms with Crippen molar-refractivity contribution in [3.63, 3.8) is 0 Å². The zero-order valence-electron chi connectivity index (χ0n) is 10.8. The Kier molecular flexibility index (Phi) is 5.10. The third-order valence-electron chi connectivity index (χ3n) is 2.38. The lowest BCUT2D eigenvalue weighted by molar-refractivity contribution is -0.145. The highest BCUT2D eigenvalue weighted by molar-refractivity contribution is 5.93. The molecule has 6 heteroatoms. The summed E-state index contributed by atoms with van der Waals surface area (Å²) in [5.74, 6) is -0.660. The van der Waals surface area contributed by atoms with E-state index in [-0.39, 0.29) is 12.5 Å². The first-order valence-electron chi connectivity index (χ1n) is 5.59. The molecule has 0 radical (unpaired) electrons. The molecule has 0 saturated heterocycles. The zero-order valence-corrected chi connectivity index (χ0v) is 10.8. The molecule has 1 rings (SSSR count). The summed E-state index contributed by atoms with van der Waals surface area (Å²) in [5, 5.41) is 3.99. The van der Waals surface area contributed by atoms with Gasteiger partial charge in [-0.1, -0.05) is 0 Å². The molecule has 1 amide bonds. The van der Waals surface area contributed by atoms with E-state index in [0.29, 0.717) is 6.54 Å². The van der Waals surface area contributed by atoms with Crippen LogP contribution in [0.1, 0.15) is 12.5 Å². The molecular weight excluding hydrogens is 234 g/mol. The molecule has 98 valence electrons. The third-order valence-corrected chi connectivity index (χ3v) is 2.38. The van der Waals surface area contributed by atoms with Crippen LogP contribution in [0.15, 0.2) is 18.5 Å². The van der Waals surface area contributed by atoms with Gasteiger partial charge in [0.05, 0.1) is 13.3 Å². The fourth-order valence-corrected chi connectivity index (χ4v) is 1.37. The predicted molar refractivity (Wildman–Crippen MR) is 66.5 cm³/mol. The molecule has 0 atom stereocenters. The highest BCUT2D eigenvalue weighted by atomic mass is 16.5. The van der Waals surface area contributed by atoms with Crippen molar-refractivity contribution in [3.05, 3.63) is 24.0 Å². The van der Waals surface area contributed by atoms with Crippen LogP contribution in [0, 0.1) is 0 Å². The van der Waals surface area contributed by atoms with Crippen molar-refractivity contribution in [3.8, 4) is 0 Å². The summed E-state index contributed by atoms with van der Waals surface area (Å²) < 4.78 is 6.18. The van der Waals surface area contributed by atoms with E-state index in [1.165, 1.54) is 18.1 Å². The molecule has 1 aromatic rings. The number of likely N-dealkylation sites (N-methyl/N-ethyl adjacent to an activating group) is 1. The summed E-state index contributed by atoms with van der Waals surface area (Å²) in [4.78, 5) is 24.3. The van der Waals surface area contributed by atoms with Gasteiger partial charge in [0.2, 0.25) is 5.91 Å². The van der Waals surface area contributed by atoms with E-state index in [9.17, 15) is 9.59 Å². The fourth-order valence-electron chi connectivity index (χ4n) is 1.37. The Morgan fingerprint density at radius 1 is 1.56 bits per heavy atom. The first-order valence-corrected chi connectivity index (χ1v) is 5.59. The van der Waals surface area contributed by atoms with Gasteiger partial charge in [-0.25, -0.2) is 0 Å². The highest BCUT2D eigenvalue weighted by Crippen LogP contribution is 2.01. The topological polar surface area (TPSA) is 64.4 Å². The molecule has 1 aromatic heterocycles. The van der Waals surface area contributed by atoms with Crippen LogP contribution in [0.3, 0.4) is 0 Å². The molecule has 0 aliphatic carbocycles. The summed E-state index contributed by atoms with van der Waals surface area (Å²) in [6.07, 6.45) is 6.53. The van der Waals surface area contributed by atoms with Gasteiger partial charge in [0, 0.05) is 31.4 Å². The Morgan fingerprint density at radius 3 is 2.78 bits per heavy atom. The maximum absolute atomic E-state index is 11.8. The third kappa shape index (κ3) is 4.04. The number of aromatic nitrogens is 2. The molecule has 1 heterocycles. The van der Waals surface area contributed by atoms with E-state index in [0.717, 1.165) is 5.56 Å². The number of nitrogens with zero attached hydrogens (tertiary/aromatic N) is 3. The van der Waals surface area contributed by atoms with E-state index in [4.69, 9.17) is 0 Å². The molecule has 0 unspecified atom stereocenters. The lowest BCUT2D eigenvalue weighted by Crippen LogP contribution is -2.34. The summed E-state index contributed by atoms with van der Waals surface area (Å²) >= 11 is 0. The van der Waals surface area contributed by atoms with Crippen LogP contribution < -0.4 is 0 Å². The van der Waals surface area contributed by atoms with Gasteiger partial charge in [-0.3, -0.25) is 14.3 Å². The monoisotopic (exact) mass is 251 g/mol. The molecule has 18 heavy (non-hydrogen) atoms. The van der Waals surface area contributed by atoms with E-state index in [1.807, 2.05) is 0 Å². The van der Waals surface area contributed by atoms with Gasteiger partial charge in [0.25, 0.3) is 0 Å². The number of aryl methyl sites for hydroxylation is 1. The first-order chi connectivity index (χ1) is 8.56. The van der Waals surface area contributed by atoms with Crippen LogP contribution in [0.2, 0.25) is 0 Å². The van der Waals surface area contributed by atoms with E-state index in [1.54, 1.807) is 37.1 Å². The molecule has 0 saturated carbocycles. The maximum atomic E-state index is 11.8. The molecule has 6 nitrogen and oxygen atoms in total. The lowest BCUT2D eigenvalue weighted by atomic mass is 10.3. The second kappa shape index (κ2) is 6.58. The van der Waals surface area contributed by atoms with Crippen LogP contribution in [0.5, 0.6) is 0 Å². The number of methoxy groups -OCH3 is 1. The molecule has 0 spiro atoms. The van der Waals surface area contributed by atoms with Crippen LogP contribution in [-0.2, 0) is 21.4 Å². The van der Waals surface area contributed by atoms with Crippen molar-refractivity contribution < 1.29 is 14.3 Å². The molecule has 0 N–H and O–H groups in total. The van der Waals surface area contributed by atoms with Crippen LogP contribution >= 0.6 is 0 Å². The Bertz CT molecular complexity index is 451. The SMILES string of the molecule is CCN(CC(=O)OC)C(=O)C=Cc1cnn(C)c1. The average molecular weight is 251 g/mol. The standard InChI is InChI=1S/C12H17N3O3/c1-4-15(9-12(17)18-3)11(16)6-5-10-7-13-14(2)8-10/h5-8H,4,9H2,1-3H3. The van der Waals surface area contributed by atoms with Gasteiger partial charge in [0.15, 0.2) is 0 Å². The van der Waals surface area contributed by atoms with Crippen molar-refractivity contribution in [1.29, 1.82) is 0 Å². The van der Waals surface area contributed by atoms with Gasteiger partial charge < -0.3 is 9.64 Å². The van der Waals surface area contributed by atoms with Gasteiger partial charge >= 0.3 is 5.97 Å². The summed E-state index contributed by atoms with van der Waals surface area (Å²) in [6, 6.07) is 0. The van der Waals surface area contributed by atoms with Gasteiger partial charge in [-0.05, 0) is 13.0 Å². The van der Waals surface area contributed by atoms with Crippen LogP contribution in [0.4, 0.5) is 0 Å². The first kappa shape index (κ1) is 14.0. The molecule has 0 aliphatic heterocycles. The number of hydrogen-bond acceptors (Lipinski definition) is 4. The van der Waals surface area contributed by atoms with Gasteiger partial charge in [-0.2, -0.15) is 5.10 Å². The normalized spacial score (nSPS) is 10.6. The van der Waals surface area contributed by atoms with E-state index >= 15 is 0 Å². The summed E-state index contributed by atoms with van der Waals surface area (Å²) in [6.45, 7) is 2.22. The molecule has 0 fully saturated rings. The molecule has 0 bridgehead atoms. The number of amides is 1. The largest absolute Gasteiger partial charge is 0.468 e. The molecule has 0 aromatic carbocycles. The number of rotatable bonds is 5. The van der Waals surface area contributed by atoms with Crippen molar-refractivity contribution >= 4 is 18.0 Å². The Morgan fingerprint density at radius 2 is 2.28 bits per heavy atom. The van der Waals surface area contributed by atoms with Crippen molar-refractivity contribution in [2.24, 2.45) is 7.05 Å². The molecular formula is C12H17N3O3. The molecule has 0 aliphatic rings. The van der Waals surface area contributed by atoms with Crippen LogP contribution in [-0.4, -0.2) is 46.8 Å². The smallest absolute Gasteiger partial charge is 0.325 e.